The molecule has 0 bridgehead atoms. The summed E-state index contributed by atoms with van der Waals surface area (Å²) in [6, 6.07) is 5.56. The van der Waals surface area contributed by atoms with Gasteiger partial charge in [0.2, 0.25) is 0 Å². The van der Waals surface area contributed by atoms with Gasteiger partial charge in [-0.3, -0.25) is 0 Å². The van der Waals surface area contributed by atoms with Crippen molar-refractivity contribution < 1.29 is 24.5 Å². The maximum atomic E-state index is 11.5. The molecule has 0 aliphatic heterocycles. The third-order valence-corrected chi connectivity index (χ3v) is 3.09. The predicted molar refractivity (Wildman–Crippen MR) is 68.9 cm³/mol. The molecule has 19 heavy (non-hydrogen) atoms. The molecule has 0 unspecified atom stereocenters. The molecule has 6 heteroatoms. The van der Waals surface area contributed by atoms with E-state index in [-0.39, 0.29) is 21.9 Å². The standard InChI is InChI=1S/C13H9ClO5/c1-19-13(18)9-5-7-4-6(12(16)17)2-3-8(7)10(14)11(9)15/h2-5,15H,1H3,(H,16,17). The highest BCUT2D eigenvalue weighted by Crippen LogP contribution is 2.36. The van der Waals surface area contributed by atoms with Crippen LogP contribution in [0.15, 0.2) is 24.3 Å². The van der Waals surface area contributed by atoms with Gasteiger partial charge in [-0.15, -0.1) is 0 Å². The Labute approximate surface area is 113 Å². The van der Waals surface area contributed by atoms with Crippen LogP contribution in [-0.2, 0) is 4.74 Å². The molecule has 2 aromatic rings. The summed E-state index contributed by atoms with van der Waals surface area (Å²) in [5.74, 6) is -2.23. The highest BCUT2D eigenvalue weighted by molar-refractivity contribution is 6.37. The zero-order valence-corrected chi connectivity index (χ0v) is 10.6. The van der Waals surface area contributed by atoms with Crippen LogP contribution in [0.5, 0.6) is 5.75 Å². The van der Waals surface area contributed by atoms with E-state index in [4.69, 9.17) is 16.7 Å². The summed E-state index contributed by atoms with van der Waals surface area (Å²) in [6.07, 6.45) is 0. The number of phenols is 1. The van der Waals surface area contributed by atoms with Crippen molar-refractivity contribution in [3.05, 3.63) is 40.4 Å². The van der Waals surface area contributed by atoms with Crippen molar-refractivity contribution in [2.75, 3.05) is 7.11 Å². The summed E-state index contributed by atoms with van der Waals surface area (Å²) in [5.41, 5.74) is -0.0485. The Morgan fingerprint density at radius 1 is 1.26 bits per heavy atom. The van der Waals surface area contributed by atoms with Crippen LogP contribution in [0.4, 0.5) is 0 Å². The minimum absolute atomic E-state index is 0.0187. The molecule has 0 saturated heterocycles. The van der Waals surface area contributed by atoms with E-state index < -0.39 is 11.9 Å². The summed E-state index contributed by atoms with van der Waals surface area (Å²) in [4.78, 5) is 22.4. The number of carboxylic acid groups (broad SMARTS) is 1. The smallest absolute Gasteiger partial charge is 0.341 e. The number of carboxylic acids is 1. The highest BCUT2D eigenvalue weighted by atomic mass is 35.5. The topological polar surface area (TPSA) is 83.8 Å². The zero-order chi connectivity index (χ0) is 14.2. The first-order chi connectivity index (χ1) is 8.95. The molecule has 98 valence electrons. The van der Waals surface area contributed by atoms with Crippen LogP contribution in [0.1, 0.15) is 20.7 Å². The average Bonchev–Trinajstić information content (AvgIpc) is 2.41. The van der Waals surface area contributed by atoms with Crippen molar-refractivity contribution in [1.29, 1.82) is 0 Å². The van der Waals surface area contributed by atoms with Crippen molar-refractivity contribution >= 4 is 34.3 Å². The van der Waals surface area contributed by atoms with E-state index in [2.05, 4.69) is 4.74 Å². The maximum absolute atomic E-state index is 11.5. The van der Waals surface area contributed by atoms with Crippen molar-refractivity contribution in [3.63, 3.8) is 0 Å². The zero-order valence-electron chi connectivity index (χ0n) is 9.81. The molecule has 0 saturated carbocycles. The second-order valence-electron chi connectivity index (χ2n) is 3.82. The van der Waals surface area contributed by atoms with Gasteiger partial charge in [0.05, 0.1) is 17.7 Å². The van der Waals surface area contributed by atoms with E-state index in [9.17, 15) is 14.7 Å². The molecule has 2 rings (SSSR count). The molecule has 0 spiro atoms. The number of ether oxygens (including phenoxy) is 1. The Balaban J connectivity index is 2.77. The van der Waals surface area contributed by atoms with Crippen molar-refractivity contribution in [3.8, 4) is 5.75 Å². The molecule has 2 N–H and O–H groups in total. The number of carbonyl (C=O) groups excluding carboxylic acids is 1. The van der Waals surface area contributed by atoms with Gasteiger partial charge in [0.1, 0.15) is 11.3 Å². The lowest BCUT2D eigenvalue weighted by Crippen LogP contribution is -2.02. The molecular formula is C13H9ClO5. The van der Waals surface area contributed by atoms with Gasteiger partial charge in [-0.25, -0.2) is 9.59 Å². The Bertz CT molecular complexity index is 693. The number of aromatic hydroxyl groups is 1. The summed E-state index contributed by atoms with van der Waals surface area (Å²) in [6.45, 7) is 0. The van der Waals surface area contributed by atoms with Crippen LogP contribution in [-0.4, -0.2) is 29.3 Å². The van der Waals surface area contributed by atoms with E-state index in [1.165, 1.54) is 31.4 Å². The highest BCUT2D eigenvalue weighted by Gasteiger charge is 2.18. The van der Waals surface area contributed by atoms with Crippen molar-refractivity contribution in [2.45, 2.75) is 0 Å². The largest absolute Gasteiger partial charge is 0.505 e. The van der Waals surface area contributed by atoms with Gasteiger partial charge < -0.3 is 14.9 Å². The Kier molecular flexibility index (Phi) is 3.31. The molecule has 0 aromatic heterocycles. The van der Waals surface area contributed by atoms with Crippen molar-refractivity contribution in [1.82, 2.24) is 0 Å². The van der Waals surface area contributed by atoms with Crippen LogP contribution in [0, 0.1) is 0 Å². The van der Waals surface area contributed by atoms with Gasteiger partial charge in [-0.2, -0.15) is 0 Å². The van der Waals surface area contributed by atoms with Gasteiger partial charge in [-0.05, 0) is 23.6 Å². The number of hydrogen-bond donors (Lipinski definition) is 2. The number of phenolic OH excluding ortho intramolecular Hbond substituents is 1. The van der Waals surface area contributed by atoms with Crippen LogP contribution in [0.3, 0.4) is 0 Å². The first-order valence-corrected chi connectivity index (χ1v) is 5.60. The number of aromatic carboxylic acids is 1. The SMILES string of the molecule is COC(=O)c1cc2cc(C(=O)O)ccc2c(Cl)c1O. The molecule has 0 heterocycles. The number of esters is 1. The molecule has 2 aromatic carbocycles. The Hall–Kier alpha value is -2.27. The third kappa shape index (κ3) is 2.20. The lowest BCUT2D eigenvalue weighted by Gasteiger charge is -2.08. The third-order valence-electron chi connectivity index (χ3n) is 2.70. The number of rotatable bonds is 2. The van der Waals surface area contributed by atoms with Crippen LogP contribution in [0.25, 0.3) is 10.8 Å². The van der Waals surface area contributed by atoms with Crippen LogP contribution in [0.2, 0.25) is 5.02 Å². The molecule has 0 radical (unpaired) electrons. The lowest BCUT2D eigenvalue weighted by molar-refractivity contribution is 0.0597. The van der Waals surface area contributed by atoms with Crippen LogP contribution >= 0.6 is 11.6 Å². The number of carbonyl (C=O) groups is 2. The van der Waals surface area contributed by atoms with Gasteiger partial charge in [0.25, 0.3) is 0 Å². The van der Waals surface area contributed by atoms with Crippen molar-refractivity contribution in [2.24, 2.45) is 0 Å². The van der Waals surface area contributed by atoms with Gasteiger partial charge in [0, 0.05) is 5.39 Å². The van der Waals surface area contributed by atoms with E-state index in [1.807, 2.05) is 0 Å². The summed E-state index contributed by atoms with van der Waals surface area (Å²) in [5, 5.41) is 19.6. The fraction of sp³-hybridized carbons (Fsp3) is 0.0769. The maximum Gasteiger partial charge on any atom is 0.341 e. The van der Waals surface area contributed by atoms with Gasteiger partial charge in [-0.1, -0.05) is 17.7 Å². The van der Waals surface area contributed by atoms with E-state index in [1.54, 1.807) is 0 Å². The monoisotopic (exact) mass is 280 g/mol. The second kappa shape index (κ2) is 4.78. The van der Waals surface area contributed by atoms with Gasteiger partial charge >= 0.3 is 11.9 Å². The molecule has 0 aliphatic rings. The number of benzene rings is 2. The Morgan fingerprint density at radius 3 is 2.53 bits per heavy atom. The minimum atomic E-state index is -1.09. The van der Waals surface area contributed by atoms with Crippen LogP contribution < -0.4 is 0 Å². The number of fused-ring (bicyclic) bond motifs is 1. The molecule has 0 amide bonds. The number of methoxy groups -OCH3 is 1. The molecule has 5 nitrogen and oxygen atoms in total. The molecule has 0 aliphatic carbocycles. The van der Waals surface area contributed by atoms with E-state index in [0.29, 0.717) is 10.8 Å². The molecular weight excluding hydrogens is 272 g/mol. The second-order valence-corrected chi connectivity index (χ2v) is 4.20. The van der Waals surface area contributed by atoms with E-state index >= 15 is 0 Å². The minimum Gasteiger partial charge on any atom is -0.505 e. The normalized spacial score (nSPS) is 10.4. The first-order valence-electron chi connectivity index (χ1n) is 5.22. The van der Waals surface area contributed by atoms with Gasteiger partial charge in [0.15, 0.2) is 0 Å². The quantitative estimate of drug-likeness (QED) is 0.826. The predicted octanol–water partition coefficient (Wildman–Crippen LogP) is 2.68. The fourth-order valence-electron chi connectivity index (χ4n) is 1.75. The molecule has 0 atom stereocenters. The summed E-state index contributed by atoms with van der Waals surface area (Å²) in [7, 11) is 1.17. The summed E-state index contributed by atoms with van der Waals surface area (Å²) < 4.78 is 4.52. The lowest BCUT2D eigenvalue weighted by atomic mass is 10.0. The fourth-order valence-corrected chi connectivity index (χ4v) is 2.02. The average molecular weight is 281 g/mol. The Morgan fingerprint density at radius 2 is 1.95 bits per heavy atom. The first kappa shape index (κ1) is 13.2. The number of halogens is 1. The number of hydrogen-bond acceptors (Lipinski definition) is 4. The van der Waals surface area contributed by atoms with E-state index in [0.717, 1.165) is 0 Å². The molecule has 0 fully saturated rings. The summed E-state index contributed by atoms with van der Waals surface area (Å²) >= 11 is 5.96.